The van der Waals surface area contributed by atoms with Crippen molar-refractivity contribution in [1.82, 2.24) is 15.0 Å². The van der Waals surface area contributed by atoms with Crippen molar-refractivity contribution in [3.05, 3.63) is 78.2 Å². The van der Waals surface area contributed by atoms with Crippen LogP contribution in [-0.4, -0.2) is 39.1 Å². The van der Waals surface area contributed by atoms with Gasteiger partial charge in [-0.1, -0.05) is 53.7 Å². The minimum absolute atomic E-state index is 0.132. The Kier molecular flexibility index (Phi) is 7.13. The van der Waals surface area contributed by atoms with Crippen molar-refractivity contribution in [2.45, 2.75) is 58.8 Å². The molecule has 1 aromatic heterocycles. The molecular formula is C30H32N4O4. The first-order chi connectivity index (χ1) is 18.2. The zero-order valence-electron chi connectivity index (χ0n) is 22.2. The number of aliphatic imine (C=N–C) groups is 1. The third kappa shape index (κ3) is 6.02. The van der Waals surface area contributed by atoms with Gasteiger partial charge in [0.2, 0.25) is 11.7 Å². The topological polar surface area (TPSA) is 90.0 Å². The molecule has 2 heterocycles. The van der Waals surface area contributed by atoms with E-state index in [9.17, 15) is 4.79 Å². The van der Waals surface area contributed by atoms with Gasteiger partial charge in [-0.2, -0.15) is 9.98 Å². The van der Waals surface area contributed by atoms with Crippen molar-refractivity contribution in [1.29, 1.82) is 0 Å². The summed E-state index contributed by atoms with van der Waals surface area (Å²) in [4.78, 5) is 23.1. The van der Waals surface area contributed by atoms with Crippen LogP contribution in [-0.2, 0) is 11.3 Å². The van der Waals surface area contributed by atoms with Gasteiger partial charge in [0.15, 0.2) is 0 Å². The van der Waals surface area contributed by atoms with E-state index in [1.165, 1.54) is 0 Å². The molecule has 1 amide bonds. The van der Waals surface area contributed by atoms with Crippen LogP contribution in [0.25, 0.3) is 22.2 Å². The van der Waals surface area contributed by atoms with E-state index in [1.807, 2.05) is 92.4 Å². The summed E-state index contributed by atoms with van der Waals surface area (Å²) in [6, 6.07) is 22.1. The lowest BCUT2D eigenvalue weighted by Gasteiger charge is -2.24. The second kappa shape index (κ2) is 10.7. The minimum Gasteiger partial charge on any atom is -0.489 e. The number of amidine groups is 1. The number of aromatic nitrogens is 2. The first kappa shape index (κ1) is 25.4. The average molecular weight is 513 g/mol. The van der Waals surface area contributed by atoms with Crippen molar-refractivity contribution in [2.75, 3.05) is 6.54 Å². The van der Waals surface area contributed by atoms with Crippen molar-refractivity contribution in [3.8, 4) is 17.1 Å². The highest BCUT2D eigenvalue weighted by atomic mass is 16.6. The lowest BCUT2D eigenvalue weighted by atomic mass is 10.1. The molecule has 196 valence electrons. The van der Waals surface area contributed by atoms with Gasteiger partial charge >= 0.3 is 6.09 Å². The van der Waals surface area contributed by atoms with Crippen LogP contribution in [0.2, 0.25) is 0 Å². The van der Waals surface area contributed by atoms with Crippen LogP contribution in [0, 0.1) is 0 Å². The van der Waals surface area contributed by atoms with Gasteiger partial charge in [0.05, 0.1) is 0 Å². The zero-order chi connectivity index (χ0) is 26.7. The fraction of sp³-hybridized carbons (Fsp3) is 0.333. The van der Waals surface area contributed by atoms with E-state index in [0.717, 1.165) is 47.0 Å². The molecule has 1 atom stereocenters. The van der Waals surface area contributed by atoms with Gasteiger partial charge in [0, 0.05) is 12.1 Å². The van der Waals surface area contributed by atoms with Gasteiger partial charge in [-0.3, -0.25) is 0 Å². The molecule has 1 saturated heterocycles. The lowest BCUT2D eigenvalue weighted by Crippen LogP contribution is -2.30. The van der Waals surface area contributed by atoms with Crippen LogP contribution in [0.15, 0.2) is 76.2 Å². The van der Waals surface area contributed by atoms with Gasteiger partial charge < -0.3 is 18.9 Å². The van der Waals surface area contributed by atoms with Crippen LogP contribution in [0.4, 0.5) is 4.79 Å². The summed E-state index contributed by atoms with van der Waals surface area (Å²) in [5, 5.41) is 6.38. The Balaban J connectivity index is 1.29. The van der Waals surface area contributed by atoms with E-state index in [4.69, 9.17) is 19.0 Å². The van der Waals surface area contributed by atoms with E-state index >= 15 is 0 Å². The fourth-order valence-corrected chi connectivity index (χ4v) is 4.57. The Bertz CT molecular complexity index is 1460. The molecule has 38 heavy (non-hydrogen) atoms. The van der Waals surface area contributed by atoms with Gasteiger partial charge in [0.25, 0.3) is 0 Å². The monoisotopic (exact) mass is 512 g/mol. The van der Waals surface area contributed by atoms with E-state index in [0.29, 0.717) is 24.2 Å². The highest BCUT2D eigenvalue weighted by Crippen LogP contribution is 2.33. The highest BCUT2D eigenvalue weighted by molar-refractivity contribution is 5.90. The van der Waals surface area contributed by atoms with Crippen molar-refractivity contribution >= 4 is 22.7 Å². The molecule has 5 rings (SSSR count). The number of hydrogen-bond acceptors (Lipinski definition) is 6. The van der Waals surface area contributed by atoms with Crippen LogP contribution in [0.1, 0.15) is 58.0 Å². The first-order valence-corrected chi connectivity index (χ1v) is 12.8. The number of carbonyl (C=O) groups is 1. The molecule has 1 aliphatic heterocycles. The molecule has 0 unspecified atom stereocenters. The number of benzene rings is 3. The van der Waals surface area contributed by atoms with E-state index in [-0.39, 0.29) is 6.04 Å². The number of nitrogens with zero attached hydrogens (tertiary/aromatic N) is 4. The Morgan fingerprint density at radius 1 is 1.08 bits per heavy atom. The van der Waals surface area contributed by atoms with Crippen molar-refractivity contribution in [2.24, 2.45) is 4.99 Å². The molecule has 3 aromatic carbocycles. The predicted octanol–water partition coefficient (Wildman–Crippen LogP) is 6.96. The summed E-state index contributed by atoms with van der Waals surface area (Å²) in [6.07, 6.45) is 1.18. The molecule has 0 radical (unpaired) electrons. The number of fused-ring (bicyclic) bond motifs is 1. The first-order valence-electron chi connectivity index (χ1n) is 12.8. The van der Waals surface area contributed by atoms with Crippen LogP contribution >= 0.6 is 0 Å². The summed E-state index contributed by atoms with van der Waals surface area (Å²) >= 11 is 0. The van der Waals surface area contributed by atoms with E-state index < -0.39 is 11.7 Å². The van der Waals surface area contributed by atoms with Gasteiger partial charge in [-0.15, -0.1) is 0 Å². The second-order valence-electron chi connectivity index (χ2n) is 10.4. The lowest BCUT2D eigenvalue weighted by molar-refractivity contribution is 0.0601. The maximum Gasteiger partial charge on any atom is 0.435 e. The number of rotatable bonds is 5. The molecule has 1 fully saturated rings. The highest BCUT2D eigenvalue weighted by Gasteiger charge is 2.32. The molecule has 8 heteroatoms. The third-order valence-electron chi connectivity index (χ3n) is 6.36. The Hall–Kier alpha value is -4.20. The zero-order valence-corrected chi connectivity index (χ0v) is 22.2. The van der Waals surface area contributed by atoms with Crippen molar-refractivity contribution < 1.29 is 18.8 Å². The maximum absolute atomic E-state index is 12.2. The SMILES string of the molecule is CC(=NC(=O)OC(C)(C)C)N1CCC[C@H]1c1nc(-c2ccc3cc(OCc4ccccc4)ccc3c2)no1. The largest absolute Gasteiger partial charge is 0.489 e. The van der Waals surface area contributed by atoms with Gasteiger partial charge in [0.1, 0.15) is 29.8 Å². The average Bonchev–Trinajstić information content (AvgIpc) is 3.56. The van der Waals surface area contributed by atoms with Crippen LogP contribution in [0.5, 0.6) is 5.75 Å². The molecule has 0 aliphatic carbocycles. The standard InChI is InChI=1S/C30H32N4O4/c1-20(31-29(35)37-30(2,3)4)34-16-8-11-26(34)28-32-27(33-38-28)24-13-12-23-18-25(15-14-22(23)17-24)36-19-21-9-6-5-7-10-21/h5-7,9-10,12-15,17-18,26H,8,11,16,19H2,1-4H3/t26-/m0/s1. The Labute approximate surface area is 222 Å². The van der Waals surface area contributed by atoms with Gasteiger partial charge in [-0.25, -0.2) is 4.79 Å². The summed E-state index contributed by atoms with van der Waals surface area (Å²) in [7, 11) is 0. The summed E-state index contributed by atoms with van der Waals surface area (Å²) < 4.78 is 17.0. The number of carbonyl (C=O) groups excluding carboxylic acids is 1. The van der Waals surface area contributed by atoms with Crippen LogP contribution < -0.4 is 4.74 Å². The second-order valence-corrected chi connectivity index (χ2v) is 10.4. The smallest absolute Gasteiger partial charge is 0.435 e. The quantitative estimate of drug-likeness (QED) is 0.211. The fourth-order valence-electron chi connectivity index (χ4n) is 4.57. The molecule has 1 aliphatic rings. The predicted molar refractivity (Wildman–Crippen MR) is 146 cm³/mol. The molecule has 0 saturated carbocycles. The number of amides is 1. The normalized spacial score (nSPS) is 16.2. The Morgan fingerprint density at radius 3 is 2.63 bits per heavy atom. The van der Waals surface area contributed by atoms with Crippen LogP contribution in [0.3, 0.4) is 0 Å². The number of likely N-dealkylation sites (tertiary alicyclic amines) is 1. The molecular weight excluding hydrogens is 480 g/mol. The number of ether oxygens (including phenoxy) is 2. The van der Waals surface area contributed by atoms with Crippen molar-refractivity contribution in [3.63, 3.8) is 0 Å². The molecule has 0 bridgehead atoms. The molecule has 4 aromatic rings. The van der Waals surface area contributed by atoms with E-state index in [2.05, 4.69) is 10.1 Å². The molecule has 0 N–H and O–H groups in total. The third-order valence-corrected chi connectivity index (χ3v) is 6.36. The Morgan fingerprint density at radius 2 is 1.84 bits per heavy atom. The summed E-state index contributed by atoms with van der Waals surface area (Å²) in [6.45, 7) is 8.54. The number of hydrogen-bond donors (Lipinski definition) is 0. The summed E-state index contributed by atoms with van der Waals surface area (Å²) in [5.41, 5.74) is 1.40. The van der Waals surface area contributed by atoms with E-state index in [1.54, 1.807) is 6.92 Å². The molecule has 0 spiro atoms. The maximum atomic E-state index is 12.2. The minimum atomic E-state index is -0.600. The molecule has 8 nitrogen and oxygen atoms in total. The summed E-state index contributed by atoms with van der Waals surface area (Å²) in [5.74, 6) is 2.44. The van der Waals surface area contributed by atoms with Gasteiger partial charge in [-0.05, 0) is 75.1 Å².